The van der Waals surface area contributed by atoms with E-state index in [0.717, 1.165) is 24.9 Å². The first-order valence-electron chi connectivity index (χ1n) is 7.37. The summed E-state index contributed by atoms with van der Waals surface area (Å²) in [6.45, 7) is 4.39. The molecular formula is C16H23N3. The number of rotatable bonds is 4. The fraction of sp³-hybridized carbons (Fsp3) is 0.562. The van der Waals surface area contributed by atoms with Crippen molar-refractivity contribution < 1.29 is 0 Å². The number of fused-ring (bicyclic) bond motifs is 1. The van der Waals surface area contributed by atoms with Gasteiger partial charge < -0.3 is 5.32 Å². The average molecular weight is 257 g/mol. The van der Waals surface area contributed by atoms with E-state index in [9.17, 15) is 0 Å². The second-order valence-electron chi connectivity index (χ2n) is 5.89. The summed E-state index contributed by atoms with van der Waals surface area (Å²) in [7, 11) is 2.02. The Morgan fingerprint density at radius 3 is 2.95 bits per heavy atom. The van der Waals surface area contributed by atoms with Crippen molar-refractivity contribution in [3.63, 3.8) is 0 Å². The maximum Gasteiger partial charge on any atom is 0.0841 e. The van der Waals surface area contributed by atoms with Crippen molar-refractivity contribution >= 4 is 10.9 Å². The number of nitrogens with one attached hydrogen (secondary N) is 1. The Morgan fingerprint density at radius 1 is 1.32 bits per heavy atom. The Morgan fingerprint density at radius 2 is 2.16 bits per heavy atom. The van der Waals surface area contributed by atoms with Crippen LogP contribution in [0.4, 0.5) is 0 Å². The molecule has 1 aromatic heterocycles. The van der Waals surface area contributed by atoms with Gasteiger partial charge in [0.2, 0.25) is 0 Å². The third-order valence-electron chi connectivity index (χ3n) is 4.57. The molecule has 3 rings (SSSR count). The molecule has 2 unspecified atom stereocenters. The van der Waals surface area contributed by atoms with Crippen LogP contribution >= 0.6 is 0 Å². The average Bonchev–Trinajstić information content (AvgIpc) is 2.96. The van der Waals surface area contributed by atoms with Crippen molar-refractivity contribution in [2.45, 2.75) is 32.7 Å². The maximum atomic E-state index is 4.63. The minimum absolute atomic E-state index is 0.856. The van der Waals surface area contributed by atoms with Gasteiger partial charge in [-0.3, -0.25) is 4.68 Å². The fourth-order valence-electron chi connectivity index (χ4n) is 3.32. The summed E-state index contributed by atoms with van der Waals surface area (Å²) < 4.78 is 1.98. The predicted molar refractivity (Wildman–Crippen MR) is 78.9 cm³/mol. The van der Waals surface area contributed by atoms with Crippen LogP contribution in [0.25, 0.3) is 10.9 Å². The van der Waals surface area contributed by atoms with Gasteiger partial charge in [-0.15, -0.1) is 0 Å². The summed E-state index contributed by atoms with van der Waals surface area (Å²) in [4.78, 5) is 0. The van der Waals surface area contributed by atoms with Gasteiger partial charge in [-0.1, -0.05) is 38.0 Å². The van der Waals surface area contributed by atoms with E-state index in [-0.39, 0.29) is 0 Å². The lowest BCUT2D eigenvalue weighted by atomic mass is 9.98. The predicted octanol–water partition coefficient (Wildman–Crippen LogP) is 3.10. The monoisotopic (exact) mass is 257 g/mol. The molecule has 0 saturated heterocycles. The highest BCUT2D eigenvalue weighted by atomic mass is 15.3. The Balaban J connectivity index is 1.65. The molecular weight excluding hydrogens is 234 g/mol. The van der Waals surface area contributed by atoms with Gasteiger partial charge in [0.05, 0.1) is 11.2 Å². The molecule has 19 heavy (non-hydrogen) atoms. The van der Waals surface area contributed by atoms with Crippen molar-refractivity contribution in [1.82, 2.24) is 15.1 Å². The van der Waals surface area contributed by atoms with Gasteiger partial charge in [-0.25, -0.2) is 0 Å². The van der Waals surface area contributed by atoms with Crippen molar-refractivity contribution in [3.8, 4) is 0 Å². The zero-order valence-electron chi connectivity index (χ0n) is 11.9. The lowest BCUT2D eigenvalue weighted by Crippen LogP contribution is -2.24. The Kier molecular flexibility index (Phi) is 3.56. The van der Waals surface area contributed by atoms with Crippen LogP contribution in [0.2, 0.25) is 0 Å². The molecule has 1 N–H and O–H groups in total. The minimum atomic E-state index is 0.856. The number of aryl methyl sites for hydroxylation is 1. The Labute approximate surface area is 115 Å². The molecule has 1 aromatic carbocycles. The minimum Gasteiger partial charge on any atom is -0.311 e. The van der Waals surface area contributed by atoms with Gasteiger partial charge >= 0.3 is 0 Å². The van der Waals surface area contributed by atoms with Gasteiger partial charge in [0, 0.05) is 19.0 Å². The first-order chi connectivity index (χ1) is 9.25. The van der Waals surface area contributed by atoms with Crippen LogP contribution in [0.1, 0.15) is 31.9 Å². The van der Waals surface area contributed by atoms with Crippen molar-refractivity contribution in [2.24, 2.45) is 18.9 Å². The molecule has 1 aliphatic carbocycles. The largest absolute Gasteiger partial charge is 0.311 e. The van der Waals surface area contributed by atoms with Crippen LogP contribution in [0.3, 0.4) is 0 Å². The van der Waals surface area contributed by atoms with Gasteiger partial charge in [-0.05, 0) is 30.9 Å². The van der Waals surface area contributed by atoms with Gasteiger partial charge in [0.1, 0.15) is 0 Å². The highest BCUT2D eigenvalue weighted by Crippen LogP contribution is 2.30. The second kappa shape index (κ2) is 5.33. The molecule has 2 atom stereocenters. The van der Waals surface area contributed by atoms with Crippen LogP contribution in [0, 0.1) is 11.8 Å². The van der Waals surface area contributed by atoms with Crippen LogP contribution in [0.5, 0.6) is 0 Å². The highest BCUT2D eigenvalue weighted by Gasteiger charge is 2.22. The van der Waals surface area contributed by atoms with Gasteiger partial charge in [-0.2, -0.15) is 5.10 Å². The normalized spacial score (nSPS) is 23.3. The summed E-state index contributed by atoms with van der Waals surface area (Å²) in [5.41, 5.74) is 2.39. The van der Waals surface area contributed by atoms with Crippen LogP contribution < -0.4 is 5.32 Å². The molecule has 2 aromatic rings. The Bertz CT molecular complexity index is 558. The molecule has 1 fully saturated rings. The molecule has 3 nitrogen and oxygen atoms in total. The third kappa shape index (κ3) is 2.52. The summed E-state index contributed by atoms with van der Waals surface area (Å²) in [5, 5.41) is 9.51. The number of hydrogen-bond donors (Lipinski definition) is 1. The standard InChI is InChI=1S/C16H23N3/c1-12-6-5-7-13(12)10-17-11-15-14-8-3-4-9-16(14)19(2)18-15/h3-4,8-9,12-13,17H,5-7,10-11H2,1-2H3. The Hall–Kier alpha value is -1.35. The molecule has 0 amide bonds. The molecule has 1 saturated carbocycles. The molecule has 1 aliphatic rings. The SMILES string of the molecule is CC1CCCC1CNCc1nn(C)c2ccccc12. The van der Waals surface area contributed by atoms with E-state index < -0.39 is 0 Å². The van der Waals surface area contributed by atoms with E-state index in [0.29, 0.717) is 0 Å². The van der Waals surface area contributed by atoms with E-state index >= 15 is 0 Å². The molecule has 0 aliphatic heterocycles. The lowest BCUT2D eigenvalue weighted by molar-refractivity contribution is 0.391. The van der Waals surface area contributed by atoms with Crippen molar-refractivity contribution in [3.05, 3.63) is 30.0 Å². The smallest absolute Gasteiger partial charge is 0.0841 e. The summed E-state index contributed by atoms with van der Waals surface area (Å²) in [6, 6.07) is 8.45. The number of para-hydroxylation sites is 1. The zero-order valence-corrected chi connectivity index (χ0v) is 11.9. The van der Waals surface area contributed by atoms with Crippen LogP contribution in [-0.2, 0) is 13.6 Å². The van der Waals surface area contributed by atoms with Crippen LogP contribution in [-0.4, -0.2) is 16.3 Å². The number of aromatic nitrogens is 2. The molecule has 102 valence electrons. The summed E-state index contributed by atoms with van der Waals surface area (Å²) in [5.74, 6) is 1.74. The van der Waals surface area contributed by atoms with Crippen molar-refractivity contribution in [1.29, 1.82) is 0 Å². The molecule has 1 heterocycles. The van der Waals surface area contributed by atoms with E-state index in [1.807, 2.05) is 11.7 Å². The van der Waals surface area contributed by atoms with Gasteiger partial charge in [0.15, 0.2) is 0 Å². The van der Waals surface area contributed by atoms with E-state index in [2.05, 4.69) is 41.6 Å². The first kappa shape index (κ1) is 12.7. The second-order valence-corrected chi connectivity index (χ2v) is 5.89. The van der Waals surface area contributed by atoms with E-state index in [1.54, 1.807) is 0 Å². The first-order valence-corrected chi connectivity index (χ1v) is 7.37. The molecule has 0 radical (unpaired) electrons. The third-order valence-corrected chi connectivity index (χ3v) is 4.57. The zero-order chi connectivity index (χ0) is 13.2. The van der Waals surface area contributed by atoms with Gasteiger partial charge in [0.25, 0.3) is 0 Å². The lowest BCUT2D eigenvalue weighted by Gasteiger charge is -2.15. The number of hydrogen-bond acceptors (Lipinski definition) is 2. The summed E-state index contributed by atoms with van der Waals surface area (Å²) >= 11 is 0. The quantitative estimate of drug-likeness (QED) is 0.912. The fourth-order valence-corrected chi connectivity index (χ4v) is 3.32. The highest BCUT2D eigenvalue weighted by molar-refractivity contribution is 5.81. The van der Waals surface area contributed by atoms with Crippen LogP contribution in [0.15, 0.2) is 24.3 Å². The number of benzene rings is 1. The van der Waals surface area contributed by atoms with E-state index in [4.69, 9.17) is 0 Å². The maximum absolute atomic E-state index is 4.63. The summed E-state index contributed by atoms with van der Waals surface area (Å²) in [6.07, 6.45) is 4.19. The molecule has 3 heteroatoms. The molecule has 0 bridgehead atoms. The topological polar surface area (TPSA) is 29.9 Å². The number of nitrogens with zero attached hydrogens (tertiary/aromatic N) is 2. The van der Waals surface area contributed by atoms with E-state index in [1.165, 1.54) is 35.9 Å². The van der Waals surface area contributed by atoms with Crippen molar-refractivity contribution in [2.75, 3.05) is 6.54 Å². The molecule has 0 spiro atoms.